The minimum atomic E-state index is -0.455. The Balaban J connectivity index is 1.85. The summed E-state index contributed by atoms with van der Waals surface area (Å²) >= 11 is 0. The summed E-state index contributed by atoms with van der Waals surface area (Å²) in [7, 11) is 0. The molecular formula is C17H25NO3. The van der Waals surface area contributed by atoms with E-state index in [4.69, 9.17) is 9.47 Å². The Morgan fingerprint density at radius 2 is 1.90 bits per heavy atom. The molecule has 116 valence electrons. The van der Waals surface area contributed by atoms with Crippen molar-refractivity contribution in [2.24, 2.45) is 5.92 Å². The predicted octanol–water partition coefficient (Wildman–Crippen LogP) is 3.46. The lowest BCUT2D eigenvalue weighted by Gasteiger charge is -2.24. The summed E-state index contributed by atoms with van der Waals surface area (Å²) in [5, 5.41) is 0. The Morgan fingerprint density at radius 1 is 1.24 bits per heavy atom. The van der Waals surface area contributed by atoms with E-state index in [2.05, 4.69) is 6.92 Å². The number of likely N-dealkylation sites (tertiary alicyclic amines) is 1. The molecule has 0 aromatic heterocycles. The fourth-order valence-corrected chi connectivity index (χ4v) is 2.41. The molecule has 21 heavy (non-hydrogen) atoms. The van der Waals surface area contributed by atoms with E-state index >= 15 is 0 Å². The van der Waals surface area contributed by atoms with Crippen molar-refractivity contribution >= 4 is 6.09 Å². The molecule has 2 unspecified atom stereocenters. The number of nitrogens with zero attached hydrogens (tertiary/aromatic N) is 1. The molecule has 0 N–H and O–H groups in total. The summed E-state index contributed by atoms with van der Waals surface area (Å²) in [5.41, 5.74) is 0.698. The minimum Gasteiger partial charge on any atom is -0.444 e. The van der Waals surface area contributed by atoms with Crippen molar-refractivity contribution in [2.75, 3.05) is 13.1 Å². The second-order valence-electron chi connectivity index (χ2n) is 6.70. The molecule has 1 aromatic rings. The van der Waals surface area contributed by atoms with Crippen LogP contribution in [0.2, 0.25) is 0 Å². The van der Waals surface area contributed by atoms with E-state index in [-0.39, 0.29) is 12.2 Å². The maximum atomic E-state index is 12.1. The predicted molar refractivity (Wildman–Crippen MR) is 82.0 cm³/mol. The second kappa shape index (κ2) is 6.48. The maximum Gasteiger partial charge on any atom is 0.410 e. The fraction of sp³-hybridized carbons (Fsp3) is 0.588. The van der Waals surface area contributed by atoms with E-state index in [1.807, 2.05) is 51.1 Å². The average molecular weight is 291 g/mol. The van der Waals surface area contributed by atoms with Crippen molar-refractivity contribution in [2.45, 2.75) is 46.0 Å². The highest BCUT2D eigenvalue weighted by Crippen LogP contribution is 2.22. The van der Waals surface area contributed by atoms with Crippen LogP contribution >= 0.6 is 0 Å². The highest BCUT2D eigenvalue weighted by Gasteiger charge is 2.35. The number of rotatable bonds is 3. The van der Waals surface area contributed by atoms with Crippen LogP contribution in [0.15, 0.2) is 30.3 Å². The molecule has 0 bridgehead atoms. The van der Waals surface area contributed by atoms with Crippen molar-refractivity contribution in [1.82, 2.24) is 4.90 Å². The molecule has 2 rings (SSSR count). The molecule has 1 heterocycles. The van der Waals surface area contributed by atoms with Crippen LogP contribution in [0.1, 0.15) is 33.3 Å². The van der Waals surface area contributed by atoms with Crippen molar-refractivity contribution < 1.29 is 14.3 Å². The zero-order valence-electron chi connectivity index (χ0n) is 13.3. The summed E-state index contributed by atoms with van der Waals surface area (Å²) in [6.45, 7) is 9.63. The molecule has 0 spiro atoms. The zero-order chi connectivity index (χ0) is 15.5. The summed E-state index contributed by atoms with van der Waals surface area (Å²) in [6, 6.07) is 10.1. The van der Waals surface area contributed by atoms with Crippen LogP contribution in [-0.2, 0) is 16.1 Å². The normalized spacial score (nSPS) is 22.4. The van der Waals surface area contributed by atoms with Gasteiger partial charge in [0.25, 0.3) is 0 Å². The number of amides is 1. The smallest absolute Gasteiger partial charge is 0.410 e. The van der Waals surface area contributed by atoms with Gasteiger partial charge in [-0.25, -0.2) is 4.79 Å². The van der Waals surface area contributed by atoms with Gasteiger partial charge in [-0.1, -0.05) is 37.3 Å². The monoisotopic (exact) mass is 291 g/mol. The highest BCUT2D eigenvalue weighted by molar-refractivity contribution is 5.68. The molecule has 1 saturated heterocycles. The lowest BCUT2D eigenvalue weighted by Crippen LogP contribution is -2.36. The topological polar surface area (TPSA) is 38.8 Å². The van der Waals surface area contributed by atoms with Gasteiger partial charge in [-0.15, -0.1) is 0 Å². The molecule has 1 amide bonds. The van der Waals surface area contributed by atoms with Crippen LogP contribution in [0.3, 0.4) is 0 Å². The Labute approximate surface area is 127 Å². The van der Waals surface area contributed by atoms with E-state index in [0.717, 1.165) is 5.56 Å². The molecule has 0 aliphatic carbocycles. The molecule has 1 aliphatic rings. The van der Waals surface area contributed by atoms with Crippen molar-refractivity contribution in [1.29, 1.82) is 0 Å². The van der Waals surface area contributed by atoms with Gasteiger partial charge in [0.1, 0.15) is 5.60 Å². The number of carbonyl (C=O) groups is 1. The molecule has 0 saturated carbocycles. The third-order valence-corrected chi connectivity index (χ3v) is 3.50. The molecule has 1 aromatic carbocycles. The summed E-state index contributed by atoms with van der Waals surface area (Å²) < 4.78 is 11.4. The van der Waals surface area contributed by atoms with Gasteiger partial charge in [-0.3, -0.25) is 0 Å². The van der Waals surface area contributed by atoms with Crippen LogP contribution in [0.5, 0.6) is 0 Å². The second-order valence-corrected chi connectivity index (χ2v) is 6.70. The van der Waals surface area contributed by atoms with Crippen LogP contribution in [-0.4, -0.2) is 35.8 Å². The fourth-order valence-electron chi connectivity index (χ4n) is 2.41. The van der Waals surface area contributed by atoms with Gasteiger partial charge < -0.3 is 14.4 Å². The van der Waals surface area contributed by atoms with E-state index < -0.39 is 5.60 Å². The number of carbonyl (C=O) groups excluding carboxylic acids is 1. The highest BCUT2D eigenvalue weighted by atomic mass is 16.6. The van der Waals surface area contributed by atoms with Gasteiger partial charge in [-0.05, 0) is 26.3 Å². The van der Waals surface area contributed by atoms with E-state index in [0.29, 0.717) is 25.6 Å². The van der Waals surface area contributed by atoms with E-state index in [1.54, 1.807) is 4.90 Å². The van der Waals surface area contributed by atoms with Crippen molar-refractivity contribution in [3.8, 4) is 0 Å². The van der Waals surface area contributed by atoms with Gasteiger partial charge >= 0.3 is 6.09 Å². The third-order valence-electron chi connectivity index (χ3n) is 3.50. The first kappa shape index (κ1) is 15.8. The molecule has 2 atom stereocenters. The number of hydrogen-bond acceptors (Lipinski definition) is 3. The number of hydrogen-bond donors (Lipinski definition) is 0. The standard InChI is InChI=1S/C17H25NO3/c1-13-10-18(16(19)21-17(2,3)4)11-15(13)20-12-14-8-6-5-7-9-14/h5-9,13,15H,10-12H2,1-4H3. The van der Waals surface area contributed by atoms with Gasteiger partial charge in [0.15, 0.2) is 0 Å². The van der Waals surface area contributed by atoms with Crippen LogP contribution in [0, 0.1) is 5.92 Å². The minimum absolute atomic E-state index is 0.0673. The largest absolute Gasteiger partial charge is 0.444 e. The van der Waals surface area contributed by atoms with Crippen molar-refractivity contribution in [3.63, 3.8) is 0 Å². The molecule has 1 aliphatic heterocycles. The lowest BCUT2D eigenvalue weighted by molar-refractivity contribution is 0.0138. The van der Waals surface area contributed by atoms with E-state index in [9.17, 15) is 4.79 Å². The first-order chi connectivity index (χ1) is 9.85. The SMILES string of the molecule is CC1CN(C(=O)OC(C)(C)C)CC1OCc1ccccc1. The van der Waals surface area contributed by atoms with Crippen LogP contribution in [0.4, 0.5) is 4.79 Å². The Bertz CT molecular complexity index is 467. The quantitative estimate of drug-likeness (QED) is 0.856. The van der Waals surface area contributed by atoms with Crippen LogP contribution in [0.25, 0.3) is 0 Å². The number of ether oxygens (including phenoxy) is 2. The number of benzene rings is 1. The summed E-state index contributed by atoms with van der Waals surface area (Å²) in [6.07, 6.45) is -0.183. The Kier molecular flexibility index (Phi) is 4.88. The molecule has 4 heteroatoms. The van der Waals surface area contributed by atoms with Gasteiger partial charge in [0.05, 0.1) is 19.3 Å². The van der Waals surface area contributed by atoms with Gasteiger partial charge in [-0.2, -0.15) is 0 Å². The Hall–Kier alpha value is -1.55. The van der Waals surface area contributed by atoms with Crippen LogP contribution < -0.4 is 0 Å². The van der Waals surface area contributed by atoms with Crippen molar-refractivity contribution in [3.05, 3.63) is 35.9 Å². The third kappa shape index (κ3) is 4.74. The first-order valence-corrected chi connectivity index (χ1v) is 7.48. The maximum absolute atomic E-state index is 12.1. The molecule has 0 radical (unpaired) electrons. The average Bonchev–Trinajstić information content (AvgIpc) is 2.77. The molecule has 1 fully saturated rings. The van der Waals surface area contributed by atoms with E-state index in [1.165, 1.54) is 0 Å². The summed E-state index contributed by atoms with van der Waals surface area (Å²) in [5.74, 6) is 0.321. The first-order valence-electron chi connectivity index (χ1n) is 7.48. The summed E-state index contributed by atoms with van der Waals surface area (Å²) in [4.78, 5) is 13.8. The van der Waals surface area contributed by atoms with Gasteiger partial charge in [0.2, 0.25) is 0 Å². The Morgan fingerprint density at radius 3 is 2.52 bits per heavy atom. The molecule has 4 nitrogen and oxygen atoms in total. The molecular weight excluding hydrogens is 266 g/mol. The lowest BCUT2D eigenvalue weighted by atomic mass is 10.1. The zero-order valence-corrected chi connectivity index (χ0v) is 13.3. The van der Waals surface area contributed by atoms with Gasteiger partial charge in [0, 0.05) is 12.5 Å².